The maximum Gasteiger partial charge on any atom is 0.261 e. The second-order valence-corrected chi connectivity index (χ2v) is 9.16. The second kappa shape index (κ2) is 9.62. The van der Waals surface area contributed by atoms with E-state index in [0.29, 0.717) is 24.4 Å². The summed E-state index contributed by atoms with van der Waals surface area (Å²) < 4.78 is 0. The van der Waals surface area contributed by atoms with Gasteiger partial charge in [0.15, 0.2) is 0 Å². The monoisotopic (exact) mass is 440 g/mol. The molecule has 164 valence electrons. The summed E-state index contributed by atoms with van der Waals surface area (Å²) in [6, 6.07) is 10.9. The minimum Gasteiger partial charge on any atom is -0.351 e. The Morgan fingerprint density at radius 2 is 1.90 bits per heavy atom. The Bertz CT molecular complexity index is 923. The summed E-state index contributed by atoms with van der Waals surface area (Å²) in [5, 5.41) is 7.77. The van der Waals surface area contributed by atoms with Gasteiger partial charge < -0.3 is 15.5 Å². The number of nitrogens with one attached hydrogen (secondary N) is 2. The molecule has 1 aromatic heterocycles. The van der Waals surface area contributed by atoms with E-state index >= 15 is 0 Å². The highest BCUT2D eigenvalue weighted by atomic mass is 32.1. The molecule has 0 bridgehead atoms. The van der Waals surface area contributed by atoms with Crippen LogP contribution in [0.1, 0.15) is 35.9 Å². The molecule has 0 aliphatic carbocycles. The van der Waals surface area contributed by atoms with E-state index in [1.165, 1.54) is 11.3 Å². The molecule has 2 atom stereocenters. The van der Waals surface area contributed by atoms with Crippen LogP contribution >= 0.6 is 11.3 Å². The van der Waals surface area contributed by atoms with Crippen molar-refractivity contribution in [3.05, 3.63) is 46.7 Å². The lowest BCUT2D eigenvalue weighted by Crippen LogP contribution is -2.40. The summed E-state index contributed by atoms with van der Waals surface area (Å²) in [5.74, 6) is 0.0320. The van der Waals surface area contributed by atoms with Crippen LogP contribution in [0.2, 0.25) is 0 Å². The van der Waals surface area contributed by atoms with Crippen LogP contribution in [0, 0.1) is 5.92 Å². The fraction of sp³-hybridized carbons (Fsp3) is 0.435. The van der Waals surface area contributed by atoms with Crippen LogP contribution in [0.5, 0.6) is 0 Å². The zero-order chi connectivity index (χ0) is 21.8. The molecule has 31 heavy (non-hydrogen) atoms. The Kier molecular flexibility index (Phi) is 6.67. The second-order valence-electron chi connectivity index (χ2n) is 8.22. The predicted octanol–water partition coefficient (Wildman–Crippen LogP) is 2.95. The standard InChI is InChI=1S/C23H28N4O3S/c1-16(26-10-2-3-11-26)22(29)25-18-6-8-19(9-7-18)27-15-17(13-21(27)28)14-24-23(30)20-5-4-12-31-20/h4-9,12,16-17H,2-3,10-11,13-15H2,1H3,(H,24,30)(H,25,29). The van der Waals surface area contributed by atoms with Gasteiger partial charge in [-0.25, -0.2) is 0 Å². The summed E-state index contributed by atoms with van der Waals surface area (Å²) in [5.41, 5.74) is 1.54. The fourth-order valence-electron chi connectivity index (χ4n) is 4.17. The molecule has 0 radical (unpaired) electrons. The number of hydrogen-bond acceptors (Lipinski definition) is 5. The molecule has 3 heterocycles. The Balaban J connectivity index is 1.29. The molecule has 8 heteroatoms. The molecule has 2 unspecified atom stereocenters. The molecular weight excluding hydrogens is 412 g/mol. The van der Waals surface area contributed by atoms with Crippen molar-refractivity contribution in [3.63, 3.8) is 0 Å². The molecule has 2 N–H and O–H groups in total. The first-order valence-electron chi connectivity index (χ1n) is 10.8. The van der Waals surface area contributed by atoms with Crippen molar-refractivity contribution in [2.45, 2.75) is 32.2 Å². The molecule has 2 aromatic rings. The Morgan fingerprint density at radius 3 is 2.58 bits per heavy atom. The van der Waals surface area contributed by atoms with E-state index in [1.54, 1.807) is 11.0 Å². The van der Waals surface area contributed by atoms with Crippen molar-refractivity contribution in [2.24, 2.45) is 5.92 Å². The lowest BCUT2D eigenvalue weighted by molar-refractivity contribution is -0.120. The molecule has 2 aliphatic rings. The van der Waals surface area contributed by atoms with Crippen molar-refractivity contribution in [1.29, 1.82) is 0 Å². The van der Waals surface area contributed by atoms with Crippen LogP contribution in [0.25, 0.3) is 0 Å². The first-order valence-corrected chi connectivity index (χ1v) is 11.7. The van der Waals surface area contributed by atoms with Crippen LogP contribution in [0.3, 0.4) is 0 Å². The van der Waals surface area contributed by atoms with Gasteiger partial charge in [-0.2, -0.15) is 0 Å². The van der Waals surface area contributed by atoms with Gasteiger partial charge in [0.1, 0.15) is 0 Å². The first-order chi connectivity index (χ1) is 15.0. The largest absolute Gasteiger partial charge is 0.351 e. The summed E-state index contributed by atoms with van der Waals surface area (Å²) in [6.45, 7) is 4.93. The molecule has 2 aliphatic heterocycles. The highest BCUT2D eigenvalue weighted by Crippen LogP contribution is 2.26. The van der Waals surface area contributed by atoms with Crippen LogP contribution in [0.15, 0.2) is 41.8 Å². The van der Waals surface area contributed by atoms with E-state index in [9.17, 15) is 14.4 Å². The number of anilines is 2. The molecule has 1 aromatic carbocycles. The minimum atomic E-state index is -0.146. The number of likely N-dealkylation sites (tertiary alicyclic amines) is 1. The third-order valence-corrected chi connectivity index (χ3v) is 6.88. The first kappa shape index (κ1) is 21.5. The third kappa shape index (κ3) is 5.14. The van der Waals surface area contributed by atoms with Gasteiger partial charge in [0, 0.05) is 36.8 Å². The topological polar surface area (TPSA) is 81.8 Å². The summed E-state index contributed by atoms with van der Waals surface area (Å²) in [6.07, 6.45) is 2.71. The lowest BCUT2D eigenvalue weighted by atomic mass is 10.1. The zero-order valence-corrected chi connectivity index (χ0v) is 18.5. The Morgan fingerprint density at radius 1 is 1.16 bits per heavy atom. The number of carbonyl (C=O) groups excluding carboxylic acids is 3. The number of rotatable bonds is 7. The van der Waals surface area contributed by atoms with Crippen molar-refractivity contribution in [1.82, 2.24) is 10.2 Å². The van der Waals surface area contributed by atoms with E-state index in [0.717, 1.165) is 37.3 Å². The van der Waals surface area contributed by atoms with Gasteiger partial charge in [-0.15, -0.1) is 11.3 Å². The maximum atomic E-state index is 12.5. The molecular formula is C23H28N4O3S. The average Bonchev–Trinajstić information content (AvgIpc) is 3.54. The number of carbonyl (C=O) groups is 3. The Hall–Kier alpha value is -2.71. The predicted molar refractivity (Wildman–Crippen MR) is 122 cm³/mol. The molecule has 2 saturated heterocycles. The summed E-state index contributed by atoms with van der Waals surface area (Å²) in [7, 11) is 0. The molecule has 0 spiro atoms. The third-order valence-electron chi connectivity index (χ3n) is 6.02. The molecule has 0 saturated carbocycles. The Labute approximate surface area is 186 Å². The van der Waals surface area contributed by atoms with Gasteiger partial charge in [-0.1, -0.05) is 6.07 Å². The zero-order valence-electron chi connectivity index (χ0n) is 17.7. The van der Waals surface area contributed by atoms with Crippen LogP contribution < -0.4 is 15.5 Å². The smallest absolute Gasteiger partial charge is 0.261 e. The van der Waals surface area contributed by atoms with E-state index in [1.807, 2.05) is 42.6 Å². The summed E-state index contributed by atoms with van der Waals surface area (Å²) in [4.78, 5) is 41.7. The average molecular weight is 441 g/mol. The van der Waals surface area contributed by atoms with Gasteiger partial charge in [0.05, 0.1) is 10.9 Å². The molecule has 7 nitrogen and oxygen atoms in total. The highest BCUT2D eigenvalue weighted by Gasteiger charge is 2.31. The maximum absolute atomic E-state index is 12.5. The van der Waals surface area contributed by atoms with Gasteiger partial charge in [-0.05, 0) is 68.6 Å². The van der Waals surface area contributed by atoms with Crippen LogP contribution in [0.4, 0.5) is 11.4 Å². The van der Waals surface area contributed by atoms with Gasteiger partial charge >= 0.3 is 0 Å². The van der Waals surface area contributed by atoms with E-state index in [-0.39, 0.29) is 29.7 Å². The highest BCUT2D eigenvalue weighted by molar-refractivity contribution is 7.12. The van der Waals surface area contributed by atoms with Crippen molar-refractivity contribution < 1.29 is 14.4 Å². The molecule has 2 fully saturated rings. The number of nitrogens with zero attached hydrogens (tertiary/aromatic N) is 2. The SMILES string of the molecule is CC(C(=O)Nc1ccc(N2CC(CNC(=O)c3cccs3)CC2=O)cc1)N1CCCC1. The summed E-state index contributed by atoms with van der Waals surface area (Å²) >= 11 is 1.40. The van der Waals surface area contributed by atoms with E-state index in [4.69, 9.17) is 0 Å². The normalized spacial score (nSPS) is 20.1. The fourth-order valence-corrected chi connectivity index (χ4v) is 4.81. The number of amides is 3. The van der Waals surface area contributed by atoms with E-state index in [2.05, 4.69) is 15.5 Å². The molecule has 3 amide bonds. The van der Waals surface area contributed by atoms with Crippen molar-refractivity contribution >= 4 is 40.4 Å². The number of hydrogen-bond donors (Lipinski definition) is 2. The van der Waals surface area contributed by atoms with Crippen molar-refractivity contribution in [3.8, 4) is 0 Å². The van der Waals surface area contributed by atoms with Gasteiger partial charge in [0.25, 0.3) is 5.91 Å². The van der Waals surface area contributed by atoms with Gasteiger partial charge in [0.2, 0.25) is 11.8 Å². The lowest BCUT2D eigenvalue weighted by Gasteiger charge is -2.23. The minimum absolute atomic E-state index is 0.00607. The quantitative estimate of drug-likeness (QED) is 0.694. The molecule has 4 rings (SSSR count). The van der Waals surface area contributed by atoms with E-state index < -0.39 is 0 Å². The van der Waals surface area contributed by atoms with Crippen LogP contribution in [-0.2, 0) is 9.59 Å². The van der Waals surface area contributed by atoms with Crippen LogP contribution in [-0.4, -0.2) is 54.8 Å². The van der Waals surface area contributed by atoms with Crippen molar-refractivity contribution in [2.75, 3.05) is 36.4 Å². The number of thiophene rings is 1. The number of benzene rings is 1. The van der Waals surface area contributed by atoms with Gasteiger partial charge in [-0.3, -0.25) is 19.3 Å².